The van der Waals surface area contributed by atoms with Crippen LogP contribution in [0.25, 0.3) is 0 Å². The molecule has 1 saturated carbocycles. The van der Waals surface area contributed by atoms with Crippen molar-refractivity contribution in [2.45, 2.75) is 38.7 Å². The predicted molar refractivity (Wildman–Crippen MR) is 80.3 cm³/mol. The summed E-state index contributed by atoms with van der Waals surface area (Å²) in [7, 11) is 0. The third-order valence-electron chi connectivity index (χ3n) is 3.87. The summed E-state index contributed by atoms with van der Waals surface area (Å²) in [5.41, 5.74) is -0.153. The lowest BCUT2D eigenvalue weighted by atomic mass is 9.67. The summed E-state index contributed by atoms with van der Waals surface area (Å²) < 4.78 is 1.58. The highest BCUT2D eigenvalue weighted by molar-refractivity contribution is 9.11. The van der Waals surface area contributed by atoms with E-state index in [1.165, 1.54) is 0 Å². The summed E-state index contributed by atoms with van der Waals surface area (Å²) in [5, 5.41) is 20.2. The van der Waals surface area contributed by atoms with E-state index in [2.05, 4.69) is 49.8 Å². The van der Waals surface area contributed by atoms with Crippen LogP contribution in [0.1, 0.15) is 44.4 Å². The third-order valence-corrected chi connectivity index (χ3v) is 4.94. The minimum atomic E-state index is -0.845. The first-order valence-electron chi connectivity index (χ1n) is 6.39. The lowest BCUT2D eigenvalue weighted by Crippen LogP contribution is -2.33. The highest BCUT2D eigenvalue weighted by atomic mass is 79.9. The van der Waals surface area contributed by atoms with E-state index in [1.807, 2.05) is 6.07 Å². The van der Waals surface area contributed by atoms with Crippen molar-refractivity contribution >= 4 is 31.9 Å². The molecule has 102 valence electrons. The van der Waals surface area contributed by atoms with Gasteiger partial charge in [-0.15, -0.1) is 0 Å². The first-order valence-corrected chi connectivity index (χ1v) is 7.97. The molecular weight excluding hydrogens is 372 g/mol. The maximum atomic E-state index is 10.7. The molecule has 0 bridgehead atoms. The molecule has 3 unspecified atom stereocenters. The quantitative estimate of drug-likeness (QED) is 0.819. The first kappa shape index (κ1) is 15.0. The zero-order valence-electron chi connectivity index (χ0n) is 10.7. The summed E-state index contributed by atoms with van der Waals surface area (Å²) >= 11 is 6.76. The van der Waals surface area contributed by atoms with Crippen LogP contribution in [0.3, 0.4) is 0 Å². The van der Waals surface area contributed by atoms with Gasteiger partial charge in [0.1, 0.15) is 6.10 Å². The molecule has 1 aromatic heterocycles. The normalized spacial score (nSPS) is 28.7. The Balaban J connectivity index is 2.35. The fraction of sp³-hybridized carbons (Fsp3) is 0.571. The summed E-state index contributed by atoms with van der Waals surface area (Å²) in [6.07, 6.45) is 4.39. The van der Waals surface area contributed by atoms with Gasteiger partial charge in [0, 0.05) is 15.1 Å². The van der Waals surface area contributed by atoms with Gasteiger partial charge in [-0.25, -0.2) is 0 Å². The number of nitrogens with zero attached hydrogens (tertiary/aromatic N) is 2. The van der Waals surface area contributed by atoms with Crippen molar-refractivity contribution < 1.29 is 5.11 Å². The number of hydrogen-bond acceptors (Lipinski definition) is 3. The highest BCUT2D eigenvalue weighted by Gasteiger charge is 2.43. The first-order chi connectivity index (χ1) is 8.98. The number of aliphatic hydroxyl groups excluding tert-OH is 1. The number of halogens is 2. The second-order valence-electron chi connectivity index (χ2n) is 5.39. The van der Waals surface area contributed by atoms with Crippen LogP contribution in [0.4, 0.5) is 0 Å². The molecule has 0 radical (unpaired) electrons. The van der Waals surface area contributed by atoms with Crippen LogP contribution < -0.4 is 0 Å². The van der Waals surface area contributed by atoms with Crippen LogP contribution in [0.2, 0.25) is 0 Å². The van der Waals surface area contributed by atoms with Gasteiger partial charge < -0.3 is 5.11 Å². The Morgan fingerprint density at radius 2 is 2.32 bits per heavy atom. The monoisotopic (exact) mass is 386 g/mol. The Labute approximate surface area is 130 Å². The average Bonchev–Trinajstić information content (AvgIpc) is 2.38. The zero-order valence-corrected chi connectivity index (χ0v) is 13.9. The van der Waals surface area contributed by atoms with Crippen LogP contribution in [-0.2, 0) is 0 Å². The predicted octanol–water partition coefficient (Wildman–Crippen LogP) is 4.36. The SMILES string of the molecule is CC1CCCC(C#N)(C(O)c2ncc(Br)cc2Br)C1. The Kier molecular flexibility index (Phi) is 4.65. The van der Waals surface area contributed by atoms with E-state index < -0.39 is 11.5 Å². The van der Waals surface area contributed by atoms with E-state index in [4.69, 9.17) is 0 Å². The second-order valence-corrected chi connectivity index (χ2v) is 7.16. The van der Waals surface area contributed by atoms with Crippen LogP contribution in [0.15, 0.2) is 21.2 Å². The number of hydrogen-bond donors (Lipinski definition) is 1. The van der Waals surface area contributed by atoms with Gasteiger partial charge in [-0.1, -0.05) is 19.8 Å². The Hall–Kier alpha value is -0.440. The Bertz CT molecular complexity index is 515. The third kappa shape index (κ3) is 3.01. The molecule has 0 saturated heterocycles. The molecular formula is C14H16Br2N2O. The summed E-state index contributed by atoms with van der Waals surface area (Å²) in [4.78, 5) is 4.28. The molecule has 1 aliphatic carbocycles. The summed E-state index contributed by atoms with van der Waals surface area (Å²) in [5.74, 6) is 0.470. The smallest absolute Gasteiger partial charge is 0.116 e. The van der Waals surface area contributed by atoms with Crippen molar-refractivity contribution in [1.29, 1.82) is 5.26 Å². The fourth-order valence-electron chi connectivity index (χ4n) is 2.89. The molecule has 1 heterocycles. The minimum absolute atomic E-state index is 0.470. The van der Waals surface area contributed by atoms with E-state index in [-0.39, 0.29) is 0 Å². The fourth-order valence-corrected chi connectivity index (χ4v) is 4.10. The minimum Gasteiger partial charge on any atom is -0.385 e. The molecule has 0 spiro atoms. The van der Waals surface area contributed by atoms with Crippen molar-refractivity contribution in [2.24, 2.45) is 11.3 Å². The molecule has 1 N–H and O–H groups in total. The van der Waals surface area contributed by atoms with Gasteiger partial charge in [-0.3, -0.25) is 4.98 Å². The van der Waals surface area contributed by atoms with Gasteiger partial charge in [-0.05, 0) is 56.7 Å². The standard InChI is InChI=1S/C14H16Br2N2O/c1-9-3-2-4-14(6-9,8-17)13(19)12-11(16)5-10(15)7-18-12/h5,7,9,13,19H,2-4,6H2,1H3. The molecule has 0 aromatic carbocycles. The van der Waals surface area contributed by atoms with Gasteiger partial charge in [0.05, 0.1) is 17.2 Å². The second kappa shape index (κ2) is 5.90. The maximum Gasteiger partial charge on any atom is 0.116 e. The number of pyridine rings is 1. The number of aliphatic hydroxyl groups is 1. The van der Waals surface area contributed by atoms with E-state index in [1.54, 1.807) is 6.20 Å². The summed E-state index contributed by atoms with van der Waals surface area (Å²) in [6, 6.07) is 4.22. The van der Waals surface area contributed by atoms with Crippen molar-refractivity contribution in [2.75, 3.05) is 0 Å². The molecule has 0 amide bonds. The van der Waals surface area contributed by atoms with Crippen molar-refractivity contribution in [3.63, 3.8) is 0 Å². The van der Waals surface area contributed by atoms with Gasteiger partial charge in [-0.2, -0.15) is 5.26 Å². The molecule has 1 aliphatic rings. The van der Waals surface area contributed by atoms with E-state index in [9.17, 15) is 10.4 Å². The van der Waals surface area contributed by atoms with Crippen LogP contribution in [0, 0.1) is 22.7 Å². The molecule has 2 rings (SSSR count). The van der Waals surface area contributed by atoms with Gasteiger partial charge in [0.2, 0.25) is 0 Å². The van der Waals surface area contributed by atoms with Crippen molar-refractivity contribution in [1.82, 2.24) is 4.98 Å². The van der Waals surface area contributed by atoms with Crippen molar-refractivity contribution in [3.05, 3.63) is 26.9 Å². The average molecular weight is 388 g/mol. The van der Waals surface area contributed by atoms with Gasteiger partial charge in [0.25, 0.3) is 0 Å². The molecule has 3 nitrogen and oxygen atoms in total. The lowest BCUT2D eigenvalue weighted by molar-refractivity contribution is 0.0185. The Morgan fingerprint density at radius 3 is 2.89 bits per heavy atom. The van der Waals surface area contributed by atoms with E-state index in [0.29, 0.717) is 11.6 Å². The topological polar surface area (TPSA) is 56.9 Å². The number of rotatable bonds is 2. The lowest BCUT2D eigenvalue weighted by Gasteiger charge is -2.37. The zero-order chi connectivity index (χ0) is 14.0. The largest absolute Gasteiger partial charge is 0.385 e. The van der Waals surface area contributed by atoms with Crippen LogP contribution >= 0.6 is 31.9 Å². The van der Waals surface area contributed by atoms with Gasteiger partial charge in [0.15, 0.2) is 0 Å². The highest BCUT2D eigenvalue weighted by Crippen LogP contribution is 2.48. The number of aromatic nitrogens is 1. The molecule has 1 aromatic rings. The molecule has 0 aliphatic heterocycles. The Morgan fingerprint density at radius 1 is 1.58 bits per heavy atom. The summed E-state index contributed by atoms with van der Waals surface area (Å²) in [6.45, 7) is 2.14. The molecule has 1 fully saturated rings. The van der Waals surface area contributed by atoms with Gasteiger partial charge >= 0.3 is 0 Å². The van der Waals surface area contributed by atoms with Crippen molar-refractivity contribution in [3.8, 4) is 6.07 Å². The van der Waals surface area contributed by atoms with E-state index >= 15 is 0 Å². The van der Waals surface area contributed by atoms with Crippen LogP contribution in [0.5, 0.6) is 0 Å². The molecule has 3 atom stereocenters. The number of nitriles is 1. The molecule has 19 heavy (non-hydrogen) atoms. The maximum absolute atomic E-state index is 10.7. The van der Waals surface area contributed by atoms with Crippen LogP contribution in [-0.4, -0.2) is 10.1 Å². The molecule has 5 heteroatoms. The van der Waals surface area contributed by atoms with E-state index in [0.717, 1.165) is 34.6 Å².